The van der Waals surface area contributed by atoms with Gasteiger partial charge < -0.3 is 14.8 Å². The second-order valence-electron chi connectivity index (χ2n) is 5.45. The Hall–Kier alpha value is -2.70. The molecule has 1 amide bonds. The number of esters is 2. The lowest BCUT2D eigenvalue weighted by Gasteiger charge is -2.21. The minimum atomic E-state index is -0.795. The van der Waals surface area contributed by atoms with Crippen molar-refractivity contribution in [1.82, 2.24) is 5.32 Å². The topological polar surface area (TPSA) is 81.7 Å². The van der Waals surface area contributed by atoms with Crippen LogP contribution >= 0.6 is 0 Å². The third-order valence-electron chi connectivity index (χ3n) is 3.61. The van der Waals surface area contributed by atoms with Gasteiger partial charge >= 0.3 is 11.9 Å². The maximum atomic E-state index is 12.8. The fourth-order valence-electron chi connectivity index (χ4n) is 1.93. The van der Waals surface area contributed by atoms with E-state index in [1.807, 2.05) is 6.92 Å². The lowest BCUT2D eigenvalue weighted by molar-refractivity contribution is -0.148. The summed E-state index contributed by atoms with van der Waals surface area (Å²) in [6.07, 6.45) is 3.24. The minimum absolute atomic E-state index is 0.120. The van der Waals surface area contributed by atoms with E-state index in [9.17, 15) is 18.8 Å². The van der Waals surface area contributed by atoms with Crippen LogP contribution in [0.25, 0.3) is 6.08 Å². The summed E-state index contributed by atoms with van der Waals surface area (Å²) in [6.45, 7) is 3.17. The molecule has 0 bridgehead atoms. The third-order valence-corrected chi connectivity index (χ3v) is 3.61. The van der Waals surface area contributed by atoms with Gasteiger partial charge in [0.05, 0.1) is 7.11 Å². The SMILES string of the molecule is CC[C@H](C)[C@@H](NC(=O)COC(=O)/C=C/c1ccc(F)cc1)C(=O)OC. The van der Waals surface area contributed by atoms with Gasteiger partial charge in [0.25, 0.3) is 5.91 Å². The quantitative estimate of drug-likeness (QED) is 0.573. The number of hydrogen-bond donors (Lipinski definition) is 1. The molecule has 1 aromatic rings. The molecule has 1 rings (SSSR count). The van der Waals surface area contributed by atoms with E-state index in [-0.39, 0.29) is 11.7 Å². The molecule has 136 valence electrons. The molecule has 0 aliphatic rings. The average molecular weight is 351 g/mol. The predicted octanol–water partition coefficient (Wildman–Crippen LogP) is 2.09. The van der Waals surface area contributed by atoms with Crippen molar-refractivity contribution in [3.8, 4) is 0 Å². The average Bonchev–Trinajstić information content (AvgIpc) is 2.62. The predicted molar refractivity (Wildman–Crippen MR) is 89.8 cm³/mol. The monoisotopic (exact) mass is 351 g/mol. The van der Waals surface area contributed by atoms with Gasteiger partial charge in [0.2, 0.25) is 0 Å². The fourth-order valence-corrected chi connectivity index (χ4v) is 1.93. The third kappa shape index (κ3) is 7.15. The summed E-state index contributed by atoms with van der Waals surface area (Å²) in [5, 5.41) is 2.50. The van der Waals surface area contributed by atoms with Crippen LogP contribution in [-0.4, -0.2) is 37.6 Å². The maximum absolute atomic E-state index is 12.8. The Labute approximate surface area is 146 Å². The highest BCUT2D eigenvalue weighted by atomic mass is 19.1. The number of halogens is 1. The Morgan fingerprint density at radius 1 is 1.24 bits per heavy atom. The summed E-state index contributed by atoms with van der Waals surface area (Å²) in [7, 11) is 1.24. The number of rotatable bonds is 8. The fraction of sp³-hybridized carbons (Fsp3) is 0.389. The first-order chi connectivity index (χ1) is 11.9. The van der Waals surface area contributed by atoms with Gasteiger partial charge in [-0.25, -0.2) is 14.0 Å². The first kappa shape index (κ1) is 20.3. The van der Waals surface area contributed by atoms with Gasteiger partial charge in [-0.1, -0.05) is 32.4 Å². The Morgan fingerprint density at radius 2 is 1.88 bits per heavy atom. The number of hydrogen-bond acceptors (Lipinski definition) is 5. The largest absolute Gasteiger partial charge is 0.467 e. The van der Waals surface area contributed by atoms with E-state index < -0.39 is 30.5 Å². The van der Waals surface area contributed by atoms with Crippen molar-refractivity contribution in [2.45, 2.75) is 26.3 Å². The summed E-state index contributed by atoms with van der Waals surface area (Å²) >= 11 is 0. The molecule has 2 atom stereocenters. The van der Waals surface area contributed by atoms with Crippen LogP contribution in [0.1, 0.15) is 25.8 Å². The van der Waals surface area contributed by atoms with Gasteiger partial charge in [0, 0.05) is 6.08 Å². The van der Waals surface area contributed by atoms with Gasteiger partial charge in [0.15, 0.2) is 6.61 Å². The van der Waals surface area contributed by atoms with Crippen LogP contribution in [0.4, 0.5) is 4.39 Å². The molecule has 0 spiro atoms. The summed E-state index contributed by atoms with van der Waals surface area (Å²) < 4.78 is 22.2. The van der Waals surface area contributed by atoms with Crippen LogP contribution in [0.2, 0.25) is 0 Å². The molecule has 6 nitrogen and oxygen atoms in total. The first-order valence-electron chi connectivity index (χ1n) is 7.85. The van der Waals surface area contributed by atoms with Gasteiger partial charge in [0.1, 0.15) is 11.9 Å². The summed E-state index contributed by atoms with van der Waals surface area (Å²) in [6, 6.07) is 4.73. The van der Waals surface area contributed by atoms with Crippen molar-refractivity contribution in [3.63, 3.8) is 0 Å². The number of carbonyl (C=O) groups excluding carboxylic acids is 3. The molecule has 0 aliphatic heterocycles. The van der Waals surface area contributed by atoms with Gasteiger partial charge in [-0.3, -0.25) is 4.79 Å². The van der Waals surface area contributed by atoms with Gasteiger partial charge in [-0.15, -0.1) is 0 Å². The molecule has 25 heavy (non-hydrogen) atoms. The maximum Gasteiger partial charge on any atom is 0.331 e. The summed E-state index contributed by atoms with van der Waals surface area (Å²) in [4.78, 5) is 35.1. The zero-order valence-corrected chi connectivity index (χ0v) is 14.5. The standard InChI is InChI=1S/C18H22FNO5/c1-4-12(2)17(18(23)24-3)20-15(21)11-25-16(22)10-7-13-5-8-14(19)9-6-13/h5-10,12,17H,4,11H2,1-3H3,(H,20,21)/b10-7+/t12-,17+/m0/s1. The number of nitrogens with one attached hydrogen (secondary N) is 1. The Morgan fingerprint density at radius 3 is 2.44 bits per heavy atom. The zero-order chi connectivity index (χ0) is 18.8. The molecular weight excluding hydrogens is 329 g/mol. The Bertz CT molecular complexity index is 627. The zero-order valence-electron chi connectivity index (χ0n) is 14.5. The molecule has 0 heterocycles. The molecule has 0 fully saturated rings. The number of methoxy groups -OCH3 is 1. The Balaban J connectivity index is 2.50. The van der Waals surface area contributed by atoms with Gasteiger partial charge in [-0.2, -0.15) is 0 Å². The van der Waals surface area contributed by atoms with Crippen LogP contribution in [0.3, 0.4) is 0 Å². The highest BCUT2D eigenvalue weighted by Crippen LogP contribution is 2.09. The van der Waals surface area contributed by atoms with Crippen LogP contribution < -0.4 is 5.32 Å². The second kappa shape index (κ2) is 10.2. The molecule has 1 N–H and O–H groups in total. The van der Waals surface area contributed by atoms with Crippen LogP contribution in [0, 0.1) is 11.7 Å². The molecule has 0 saturated carbocycles. The minimum Gasteiger partial charge on any atom is -0.467 e. The molecule has 0 unspecified atom stereocenters. The molecule has 1 aromatic carbocycles. The Kier molecular flexibility index (Phi) is 8.32. The van der Waals surface area contributed by atoms with Crippen molar-refractivity contribution in [3.05, 3.63) is 41.7 Å². The van der Waals surface area contributed by atoms with E-state index in [2.05, 4.69) is 10.1 Å². The molecule has 0 radical (unpaired) electrons. The molecule has 7 heteroatoms. The van der Waals surface area contributed by atoms with E-state index in [0.717, 1.165) is 6.08 Å². The van der Waals surface area contributed by atoms with Crippen LogP contribution in [-0.2, 0) is 23.9 Å². The van der Waals surface area contributed by atoms with E-state index >= 15 is 0 Å². The molecule has 0 aromatic heterocycles. The molecule has 0 saturated heterocycles. The van der Waals surface area contributed by atoms with E-state index in [1.54, 1.807) is 6.92 Å². The number of ether oxygens (including phenoxy) is 2. The van der Waals surface area contributed by atoms with E-state index in [1.165, 1.54) is 37.5 Å². The van der Waals surface area contributed by atoms with Crippen LogP contribution in [0.15, 0.2) is 30.3 Å². The lowest BCUT2D eigenvalue weighted by Crippen LogP contribution is -2.47. The smallest absolute Gasteiger partial charge is 0.331 e. The summed E-state index contributed by atoms with van der Waals surface area (Å²) in [5.41, 5.74) is 0.616. The normalized spacial score (nSPS) is 13.1. The summed E-state index contributed by atoms with van der Waals surface area (Å²) in [5.74, 6) is -2.37. The highest BCUT2D eigenvalue weighted by molar-refractivity contribution is 5.90. The number of carbonyl (C=O) groups is 3. The molecule has 0 aliphatic carbocycles. The first-order valence-corrected chi connectivity index (χ1v) is 7.85. The highest BCUT2D eigenvalue weighted by Gasteiger charge is 2.26. The number of benzene rings is 1. The van der Waals surface area contributed by atoms with Crippen molar-refractivity contribution in [1.29, 1.82) is 0 Å². The van der Waals surface area contributed by atoms with Crippen molar-refractivity contribution >= 4 is 23.9 Å². The second-order valence-corrected chi connectivity index (χ2v) is 5.45. The van der Waals surface area contributed by atoms with Crippen molar-refractivity contribution in [2.75, 3.05) is 13.7 Å². The number of amides is 1. The lowest BCUT2D eigenvalue weighted by atomic mass is 9.99. The van der Waals surface area contributed by atoms with Crippen LogP contribution in [0.5, 0.6) is 0 Å². The molecular formula is C18H22FNO5. The van der Waals surface area contributed by atoms with E-state index in [0.29, 0.717) is 12.0 Å². The van der Waals surface area contributed by atoms with Crippen molar-refractivity contribution < 1.29 is 28.2 Å². The van der Waals surface area contributed by atoms with Crippen molar-refractivity contribution in [2.24, 2.45) is 5.92 Å². The van der Waals surface area contributed by atoms with Gasteiger partial charge in [-0.05, 0) is 29.7 Å². The van der Waals surface area contributed by atoms with E-state index in [4.69, 9.17) is 4.74 Å².